The Labute approximate surface area is 205 Å². The van der Waals surface area contributed by atoms with Crippen LogP contribution in [0.5, 0.6) is 5.75 Å². The molecule has 2 saturated heterocycles. The van der Waals surface area contributed by atoms with Gasteiger partial charge in [0.15, 0.2) is 0 Å². The molecule has 34 heavy (non-hydrogen) atoms. The van der Waals surface area contributed by atoms with Gasteiger partial charge in [0.05, 0.1) is 19.8 Å². The number of ether oxygens (including phenoxy) is 3. The number of benzene rings is 2. The molecule has 0 N–H and O–H groups in total. The van der Waals surface area contributed by atoms with Gasteiger partial charge in [0.1, 0.15) is 11.9 Å². The highest BCUT2D eigenvalue weighted by Gasteiger charge is 2.36. The number of morpholine rings is 1. The molecular weight excluding hydrogens is 456 g/mol. The van der Waals surface area contributed by atoms with Gasteiger partial charge >= 0.3 is 0 Å². The lowest BCUT2D eigenvalue weighted by Crippen LogP contribution is -2.50. The molecule has 2 aromatic carbocycles. The first kappa shape index (κ1) is 24.5. The molecule has 0 bridgehead atoms. The average Bonchev–Trinajstić information content (AvgIpc) is 2.85. The molecule has 8 heteroatoms. The summed E-state index contributed by atoms with van der Waals surface area (Å²) in [5.74, 6) is 0.579. The van der Waals surface area contributed by atoms with E-state index in [0.717, 1.165) is 5.56 Å². The van der Waals surface area contributed by atoms with Crippen LogP contribution in [0.1, 0.15) is 28.8 Å². The van der Waals surface area contributed by atoms with Crippen LogP contribution in [0.4, 0.5) is 0 Å². The Balaban J connectivity index is 1.49. The summed E-state index contributed by atoms with van der Waals surface area (Å²) in [5, 5.41) is 0.599. The van der Waals surface area contributed by atoms with Gasteiger partial charge in [0, 0.05) is 62.6 Å². The lowest BCUT2D eigenvalue weighted by Gasteiger charge is -2.39. The van der Waals surface area contributed by atoms with Crippen LogP contribution in [0.15, 0.2) is 48.5 Å². The van der Waals surface area contributed by atoms with E-state index in [1.165, 1.54) is 0 Å². The maximum Gasteiger partial charge on any atom is 0.253 e. The monoisotopic (exact) mass is 486 g/mol. The number of likely N-dealkylation sites (tertiary alicyclic amines) is 1. The SMILES string of the molecule is COCc1cccc(C(=O)N2CC[C@H](Oc3cccc(Cl)c3)[C@@H](CC(=O)N3CCOCC3)C2)c1. The Bertz CT molecular complexity index is 995. The molecule has 2 heterocycles. The van der Waals surface area contributed by atoms with E-state index in [1.54, 1.807) is 19.2 Å². The number of methoxy groups -OCH3 is 1. The number of carbonyl (C=O) groups excluding carboxylic acids is 2. The molecule has 0 aromatic heterocycles. The summed E-state index contributed by atoms with van der Waals surface area (Å²) in [6.07, 6.45) is 0.767. The minimum absolute atomic E-state index is 0.0389. The van der Waals surface area contributed by atoms with Crippen LogP contribution in [-0.4, -0.2) is 74.2 Å². The van der Waals surface area contributed by atoms with Gasteiger partial charge in [0.25, 0.3) is 5.91 Å². The minimum Gasteiger partial charge on any atom is -0.490 e. The van der Waals surface area contributed by atoms with E-state index < -0.39 is 0 Å². The molecule has 0 radical (unpaired) electrons. The molecule has 0 unspecified atom stereocenters. The number of rotatable bonds is 7. The molecule has 2 aliphatic heterocycles. The van der Waals surface area contributed by atoms with Crippen LogP contribution in [0, 0.1) is 5.92 Å². The lowest BCUT2D eigenvalue weighted by molar-refractivity contribution is -0.137. The van der Waals surface area contributed by atoms with E-state index in [1.807, 2.05) is 46.2 Å². The number of hydrogen-bond donors (Lipinski definition) is 0. The molecular formula is C26H31ClN2O5. The minimum atomic E-state index is -0.188. The molecule has 4 rings (SSSR count). The largest absolute Gasteiger partial charge is 0.490 e. The molecule has 0 saturated carbocycles. The van der Waals surface area contributed by atoms with Crippen LogP contribution >= 0.6 is 11.6 Å². The number of amides is 2. The second-order valence-corrected chi connectivity index (χ2v) is 9.18. The second kappa shape index (κ2) is 11.7. The smallest absolute Gasteiger partial charge is 0.253 e. The molecule has 0 spiro atoms. The summed E-state index contributed by atoms with van der Waals surface area (Å²) in [4.78, 5) is 30.0. The fourth-order valence-corrected chi connectivity index (χ4v) is 4.75. The Morgan fingerprint density at radius 1 is 1.06 bits per heavy atom. The van der Waals surface area contributed by atoms with Crippen molar-refractivity contribution in [2.45, 2.75) is 25.6 Å². The second-order valence-electron chi connectivity index (χ2n) is 8.74. The van der Waals surface area contributed by atoms with Gasteiger partial charge < -0.3 is 24.0 Å². The summed E-state index contributed by atoms with van der Waals surface area (Å²) in [6, 6.07) is 14.8. The summed E-state index contributed by atoms with van der Waals surface area (Å²) in [7, 11) is 1.63. The third-order valence-electron chi connectivity index (χ3n) is 6.32. The van der Waals surface area contributed by atoms with Crippen molar-refractivity contribution in [3.63, 3.8) is 0 Å². The standard InChI is InChI=1S/C26H31ClN2O5/c1-32-18-19-4-2-5-20(14-19)26(31)29-9-8-24(34-23-7-3-6-22(27)16-23)21(17-29)15-25(30)28-10-12-33-13-11-28/h2-7,14,16,21,24H,8-13,15,17-18H2,1H3/t21-,24-/m0/s1. The van der Waals surface area contributed by atoms with Gasteiger partial charge in [-0.15, -0.1) is 0 Å². The zero-order valence-electron chi connectivity index (χ0n) is 19.5. The molecule has 0 aliphatic carbocycles. The van der Waals surface area contributed by atoms with Gasteiger partial charge in [-0.25, -0.2) is 0 Å². The van der Waals surface area contributed by atoms with Crippen molar-refractivity contribution in [1.29, 1.82) is 0 Å². The number of piperidine rings is 1. The van der Waals surface area contributed by atoms with E-state index in [2.05, 4.69) is 0 Å². The van der Waals surface area contributed by atoms with Crippen molar-refractivity contribution in [3.05, 3.63) is 64.7 Å². The number of halogens is 1. The predicted octanol–water partition coefficient (Wildman–Crippen LogP) is 3.65. The molecule has 7 nitrogen and oxygen atoms in total. The van der Waals surface area contributed by atoms with Gasteiger partial charge in [0.2, 0.25) is 5.91 Å². The average molecular weight is 487 g/mol. The van der Waals surface area contributed by atoms with Gasteiger partial charge in [-0.05, 0) is 35.9 Å². The van der Waals surface area contributed by atoms with Crippen molar-refractivity contribution in [3.8, 4) is 5.75 Å². The van der Waals surface area contributed by atoms with Gasteiger partial charge in [-0.1, -0.05) is 29.8 Å². The van der Waals surface area contributed by atoms with E-state index >= 15 is 0 Å². The quantitative estimate of drug-likeness (QED) is 0.597. The fourth-order valence-electron chi connectivity index (χ4n) is 4.57. The van der Waals surface area contributed by atoms with Crippen LogP contribution in [0.25, 0.3) is 0 Å². The fraction of sp³-hybridized carbons (Fsp3) is 0.462. The molecule has 2 aromatic rings. The van der Waals surface area contributed by atoms with Gasteiger partial charge in [-0.2, -0.15) is 0 Å². The third-order valence-corrected chi connectivity index (χ3v) is 6.56. The summed E-state index contributed by atoms with van der Waals surface area (Å²) in [5.41, 5.74) is 1.58. The number of carbonyl (C=O) groups is 2. The van der Waals surface area contributed by atoms with Gasteiger partial charge in [-0.3, -0.25) is 9.59 Å². The highest BCUT2D eigenvalue weighted by Crippen LogP contribution is 2.28. The first-order chi connectivity index (χ1) is 16.5. The van der Waals surface area contributed by atoms with Crippen molar-refractivity contribution in [2.75, 3.05) is 46.5 Å². The zero-order chi connectivity index (χ0) is 23.9. The Hall–Kier alpha value is -2.61. The van der Waals surface area contributed by atoms with Crippen LogP contribution < -0.4 is 4.74 Å². The molecule has 182 valence electrons. The predicted molar refractivity (Wildman–Crippen MR) is 129 cm³/mol. The number of hydrogen-bond acceptors (Lipinski definition) is 5. The Morgan fingerprint density at radius 3 is 2.62 bits per heavy atom. The van der Waals surface area contributed by atoms with E-state index in [9.17, 15) is 9.59 Å². The summed E-state index contributed by atoms with van der Waals surface area (Å²) >= 11 is 6.14. The maximum atomic E-state index is 13.3. The summed E-state index contributed by atoms with van der Waals surface area (Å²) in [6.45, 7) is 3.77. The highest BCUT2D eigenvalue weighted by atomic mass is 35.5. The Morgan fingerprint density at radius 2 is 1.85 bits per heavy atom. The van der Waals surface area contributed by atoms with Crippen molar-refractivity contribution in [2.24, 2.45) is 5.92 Å². The topological polar surface area (TPSA) is 68.3 Å². The molecule has 2 atom stereocenters. The number of nitrogens with zero attached hydrogens (tertiary/aromatic N) is 2. The highest BCUT2D eigenvalue weighted by molar-refractivity contribution is 6.30. The van der Waals surface area contributed by atoms with Crippen LogP contribution in [0.3, 0.4) is 0 Å². The van der Waals surface area contributed by atoms with Crippen molar-refractivity contribution in [1.82, 2.24) is 9.80 Å². The molecule has 2 amide bonds. The van der Waals surface area contributed by atoms with E-state index in [4.69, 9.17) is 25.8 Å². The Kier molecular flexibility index (Phi) is 8.43. The van der Waals surface area contributed by atoms with E-state index in [0.29, 0.717) is 75.2 Å². The van der Waals surface area contributed by atoms with Crippen LogP contribution in [-0.2, 0) is 20.9 Å². The van der Waals surface area contributed by atoms with E-state index in [-0.39, 0.29) is 23.8 Å². The maximum absolute atomic E-state index is 13.3. The first-order valence-corrected chi connectivity index (χ1v) is 12.1. The molecule has 2 fully saturated rings. The first-order valence-electron chi connectivity index (χ1n) is 11.7. The lowest BCUT2D eigenvalue weighted by atomic mass is 9.90. The third kappa shape index (κ3) is 6.29. The van der Waals surface area contributed by atoms with Crippen molar-refractivity contribution >= 4 is 23.4 Å². The van der Waals surface area contributed by atoms with Crippen molar-refractivity contribution < 1.29 is 23.8 Å². The summed E-state index contributed by atoms with van der Waals surface area (Å²) < 4.78 is 16.9. The normalized spacial score (nSPS) is 20.8. The molecule has 2 aliphatic rings. The zero-order valence-corrected chi connectivity index (χ0v) is 20.2. The van der Waals surface area contributed by atoms with Crippen LogP contribution in [0.2, 0.25) is 5.02 Å².